The summed E-state index contributed by atoms with van der Waals surface area (Å²) in [5.74, 6) is 1.06. The van der Waals surface area contributed by atoms with E-state index >= 15 is 0 Å². The van der Waals surface area contributed by atoms with E-state index < -0.39 is 9.84 Å². The summed E-state index contributed by atoms with van der Waals surface area (Å²) >= 11 is 1.31. The lowest BCUT2D eigenvalue weighted by Gasteiger charge is -2.08. The molecular formula is C20H20N2O5S2. The minimum atomic E-state index is -3.26. The van der Waals surface area contributed by atoms with Crippen molar-refractivity contribution in [3.05, 3.63) is 53.4 Å². The van der Waals surface area contributed by atoms with Gasteiger partial charge in [-0.3, -0.25) is 4.79 Å². The Morgan fingerprint density at radius 3 is 2.45 bits per heavy atom. The van der Waals surface area contributed by atoms with E-state index in [1.807, 2.05) is 17.5 Å². The van der Waals surface area contributed by atoms with Gasteiger partial charge in [-0.1, -0.05) is 12.1 Å². The van der Waals surface area contributed by atoms with Gasteiger partial charge in [0.15, 0.2) is 15.0 Å². The Labute approximate surface area is 173 Å². The first kappa shape index (κ1) is 20.8. The van der Waals surface area contributed by atoms with Crippen LogP contribution in [-0.2, 0) is 21.1 Å². The summed E-state index contributed by atoms with van der Waals surface area (Å²) in [5.41, 5.74) is 2.19. The van der Waals surface area contributed by atoms with Crippen molar-refractivity contribution in [3.63, 3.8) is 0 Å². The van der Waals surface area contributed by atoms with Crippen LogP contribution in [-0.4, -0.2) is 39.8 Å². The number of aromatic nitrogens is 1. The smallest absolute Gasteiger partial charge is 0.230 e. The van der Waals surface area contributed by atoms with Gasteiger partial charge in [0, 0.05) is 23.3 Å². The van der Waals surface area contributed by atoms with E-state index in [1.165, 1.54) is 23.5 Å². The predicted molar refractivity (Wildman–Crippen MR) is 113 cm³/mol. The van der Waals surface area contributed by atoms with Gasteiger partial charge in [-0.2, -0.15) is 0 Å². The van der Waals surface area contributed by atoms with Crippen LogP contribution in [0.2, 0.25) is 0 Å². The van der Waals surface area contributed by atoms with Crippen molar-refractivity contribution < 1.29 is 22.7 Å². The number of carbonyl (C=O) groups is 1. The van der Waals surface area contributed by atoms with Crippen LogP contribution < -0.4 is 14.8 Å². The molecule has 9 heteroatoms. The van der Waals surface area contributed by atoms with Crippen LogP contribution in [0, 0.1) is 0 Å². The van der Waals surface area contributed by atoms with Crippen molar-refractivity contribution >= 4 is 32.2 Å². The number of nitrogens with zero attached hydrogens (tertiary/aromatic N) is 1. The van der Waals surface area contributed by atoms with Crippen molar-refractivity contribution in [1.82, 2.24) is 4.98 Å². The molecule has 0 saturated carbocycles. The third-order valence-corrected chi connectivity index (χ3v) is 6.04. The number of nitrogens with one attached hydrogen (secondary N) is 1. The second-order valence-electron chi connectivity index (χ2n) is 6.25. The standard InChI is InChI=1S/C20H20N2O5S2/c1-26-14-6-9-16(18(11-14)27-2)17-12-28-20(21-17)22-19(23)10-13-4-7-15(8-5-13)29(3,24)25/h4-9,11-12H,10H2,1-3H3,(H,21,22,23). The summed E-state index contributed by atoms with van der Waals surface area (Å²) < 4.78 is 33.6. The number of hydrogen-bond acceptors (Lipinski definition) is 7. The summed E-state index contributed by atoms with van der Waals surface area (Å²) in [4.78, 5) is 17.0. The summed E-state index contributed by atoms with van der Waals surface area (Å²) in [7, 11) is -0.103. The van der Waals surface area contributed by atoms with Gasteiger partial charge in [-0.15, -0.1) is 11.3 Å². The number of anilines is 1. The molecular weight excluding hydrogens is 412 g/mol. The fourth-order valence-corrected chi connectivity index (χ4v) is 4.03. The quantitative estimate of drug-likeness (QED) is 0.615. The molecule has 0 aliphatic carbocycles. The molecule has 29 heavy (non-hydrogen) atoms. The van der Waals surface area contributed by atoms with E-state index in [0.29, 0.717) is 27.9 Å². The molecule has 2 aromatic carbocycles. The van der Waals surface area contributed by atoms with Gasteiger partial charge < -0.3 is 14.8 Å². The number of amides is 1. The highest BCUT2D eigenvalue weighted by molar-refractivity contribution is 7.90. The zero-order valence-electron chi connectivity index (χ0n) is 16.1. The van der Waals surface area contributed by atoms with Crippen LogP contribution in [0.1, 0.15) is 5.56 Å². The SMILES string of the molecule is COc1ccc(-c2csc(NC(=O)Cc3ccc(S(C)(=O)=O)cc3)n2)c(OC)c1. The number of rotatable bonds is 7. The Kier molecular flexibility index (Phi) is 6.19. The van der Waals surface area contributed by atoms with Gasteiger partial charge in [-0.05, 0) is 29.8 Å². The number of methoxy groups -OCH3 is 2. The van der Waals surface area contributed by atoms with E-state index in [1.54, 1.807) is 32.4 Å². The molecule has 152 valence electrons. The van der Waals surface area contributed by atoms with Gasteiger partial charge in [0.05, 0.1) is 31.2 Å². The predicted octanol–water partition coefficient (Wildman–Crippen LogP) is 3.41. The maximum Gasteiger partial charge on any atom is 0.230 e. The van der Waals surface area contributed by atoms with Crippen LogP contribution in [0.4, 0.5) is 5.13 Å². The van der Waals surface area contributed by atoms with Crippen LogP contribution >= 0.6 is 11.3 Å². The average molecular weight is 433 g/mol. The maximum atomic E-state index is 12.3. The number of ether oxygens (including phenoxy) is 2. The molecule has 0 bridgehead atoms. The van der Waals surface area contributed by atoms with Crippen molar-refractivity contribution in [2.45, 2.75) is 11.3 Å². The first-order chi connectivity index (χ1) is 13.8. The van der Waals surface area contributed by atoms with E-state index in [2.05, 4.69) is 10.3 Å². The lowest BCUT2D eigenvalue weighted by molar-refractivity contribution is -0.115. The van der Waals surface area contributed by atoms with Gasteiger partial charge in [-0.25, -0.2) is 13.4 Å². The van der Waals surface area contributed by atoms with Gasteiger partial charge in [0.1, 0.15) is 11.5 Å². The van der Waals surface area contributed by atoms with E-state index in [9.17, 15) is 13.2 Å². The maximum absolute atomic E-state index is 12.3. The first-order valence-electron chi connectivity index (χ1n) is 8.57. The number of carbonyl (C=O) groups excluding carboxylic acids is 1. The van der Waals surface area contributed by atoms with Crippen LogP contribution in [0.25, 0.3) is 11.3 Å². The molecule has 1 amide bonds. The molecule has 3 aromatic rings. The lowest BCUT2D eigenvalue weighted by Crippen LogP contribution is -2.14. The molecule has 0 atom stereocenters. The van der Waals surface area contributed by atoms with Crippen LogP contribution in [0.5, 0.6) is 11.5 Å². The molecule has 3 rings (SSSR count). The highest BCUT2D eigenvalue weighted by Gasteiger charge is 2.13. The van der Waals surface area contributed by atoms with Crippen molar-refractivity contribution in [3.8, 4) is 22.8 Å². The van der Waals surface area contributed by atoms with Crippen molar-refractivity contribution in [2.24, 2.45) is 0 Å². The van der Waals surface area contributed by atoms with Gasteiger partial charge in [0.25, 0.3) is 0 Å². The minimum absolute atomic E-state index is 0.116. The van der Waals surface area contributed by atoms with E-state index in [0.717, 1.165) is 11.8 Å². The van der Waals surface area contributed by atoms with Gasteiger partial charge >= 0.3 is 0 Å². The third-order valence-electron chi connectivity index (χ3n) is 4.15. The Morgan fingerprint density at radius 2 is 1.83 bits per heavy atom. The Balaban J connectivity index is 1.69. The fourth-order valence-electron chi connectivity index (χ4n) is 2.67. The summed E-state index contributed by atoms with van der Waals surface area (Å²) in [6, 6.07) is 11.7. The number of benzene rings is 2. The third kappa shape index (κ3) is 5.12. The summed E-state index contributed by atoms with van der Waals surface area (Å²) in [6.45, 7) is 0. The normalized spacial score (nSPS) is 11.1. The van der Waals surface area contributed by atoms with Crippen molar-refractivity contribution in [2.75, 3.05) is 25.8 Å². The lowest BCUT2D eigenvalue weighted by atomic mass is 10.1. The Morgan fingerprint density at radius 1 is 1.10 bits per heavy atom. The van der Waals surface area contributed by atoms with Crippen LogP contribution in [0.3, 0.4) is 0 Å². The molecule has 0 fully saturated rings. The summed E-state index contributed by atoms with van der Waals surface area (Å²) in [6.07, 6.45) is 1.26. The molecule has 0 aliphatic heterocycles. The number of thiazole rings is 1. The fraction of sp³-hybridized carbons (Fsp3) is 0.200. The van der Waals surface area contributed by atoms with Gasteiger partial charge in [0.2, 0.25) is 5.91 Å². The highest BCUT2D eigenvalue weighted by Crippen LogP contribution is 2.34. The zero-order valence-corrected chi connectivity index (χ0v) is 17.8. The molecule has 0 unspecified atom stereocenters. The second kappa shape index (κ2) is 8.62. The Hall–Kier alpha value is -2.91. The number of hydrogen-bond donors (Lipinski definition) is 1. The molecule has 0 saturated heterocycles. The molecule has 1 N–H and O–H groups in total. The largest absolute Gasteiger partial charge is 0.497 e. The molecule has 0 radical (unpaired) electrons. The Bertz CT molecular complexity index is 1120. The highest BCUT2D eigenvalue weighted by atomic mass is 32.2. The van der Waals surface area contributed by atoms with Crippen molar-refractivity contribution in [1.29, 1.82) is 0 Å². The molecule has 1 aromatic heterocycles. The molecule has 1 heterocycles. The van der Waals surface area contributed by atoms with E-state index in [4.69, 9.17) is 9.47 Å². The average Bonchev–Trinajstić information content (AvgIpc) is 3.15. The summed E-state index contributed by atoms with van der Waals surface area (Å²) in [5, 5.41) is 5.07. The second-order valence-corrected chi connectivity index (χ2v) is 9.12. The van der Waals surface area contributed by atoms with E-state index in [-0.39, 0.29) is 17.2 Å². The zero-order chi connectivity index (χ0) is 21.0. The topological polar surface area (TPSA) is 94.6 Å². The number of sulfone groups is 1. The molecule has 0 aliphatic rings. The van der Waals surface area contributed by atoms with Crippen LogP contribution in [0.15, 0.2) is 52.7 Å². The first-order valence-corrected chi connectivity index (χ1v) is 11.3. The molecule has 0 spiro atoms. The minimum Gasteiger partial charge on any atom is -0.497 e. The molecule has 7 nitrogen and oxygen atoms in total. The monoisotopic (exact) mass is 432 g/mol.